The Labute approximate surface area is 292 Å². The molecule has 0 aromatic rings. The fourth-order valence-electron chi connectivity index (χ4n) is 5.23. The summed E-state index contributed by atoms with van der Waals surface area (Å²) in [7, 11) is -4.62. The van der Waals surface area contributed by atoms with E-state index in [1.807, 2.05) is 0 Å². The van der Waals surface area contributed by atoms with Crippen LogP contribution < -0.4 is 0 Å². The smallest absolute Gasteiger partial charge is 0.457 e. The first-order chi connectivity index (χ1) is 23.3. The molecule has 11 heteroatoms. The largest absolute Gasteiger partial charge is 0.472 e. The summed E-state index contributed by atoms with van der Waals surface area (Å²) in [5, 5.41) is 19.1. The van der Waals surface area contributed by atoms with Gasteiger partial charge in [-0.25, -0.2) is 4.57 Å². The van der Waals surface area contributed by atoms with Crippen molar-refractivity contribution in [1.82, 2.24) is 0 Å². The average molecular weight is 707 g/mol. The maximum atomic E-state index is 12.3. The molecule has 0 aliphatic heterocycles. The van der Waals surface area contributed by atoms with Gasteiger partial charge in [-0.15, -0.1) is 0 Å². The Morgan fingerprint density at radius 2 is 0.896 bits per heavy atom. The van der Waals surface area contributed by atoms with Gasteiger partial charge in [0.05, 0.1) is 26.4 Å². The Morgan fingerprint density at radius 3 is 1.27 bits per heavy atom. The number of allylic oxidation sites excluding steroid dienone is 2. The molecule has 3 atom stereocenters. The van der Waals surface area contributed by atoms with E-state index < -0.39 is 58.4 Å². The number of rotatable bonds is 36. The van der Waals surface area contributed by atoms with Crippen molar-refractivity contribution in [2.75, 3.05) is 26.4 Å². The Balaban J connectivity index is 3.95. The number of aliphatic hydroxyl groups excluding tert-OH is 2. The minimum Gasteiger partial charge on any atom is -0.457 e. The van der Waals surface area contributed by atoms with E-state index in [4.69, 9.17) is 18.5 Å². The van der Waals surface area contributed by atoms with Gasteiger partial charge in [0.1, 0.15) is 12.2 Å². The molecule has 0 aliphatic rings. The van der Waals surface area contributed by atoms with Gasteiger partial charge in [0, 0.05) is 12.8 Å². The van der Waals surface area contributed by atoms with E-state index in [1.54, 1.807) is 0 Å². The highest BCUT2D eigenvalue weighted by atomic mass is 31.2. The third-order valence-electron chi connectivity index (χ3n) is 8.21. The van der Waals surface area contributed by atoms with Crippen LogP contribution in [0.5, 0.6) is 0 Å². The maximum Gasteiger partial charge on any atom is 0.472 e. The highest BCUT2D eigenvalue weighted by Crippen LogP contribution is 2.43. The normalized spacial score (nSPS) is 14.2. The molecule has 0 saturated heterocycles. The first-order valence-electron chi connectivity index (χ1n) is 19.1. The van der Waals surface area contributed by atoms with Crippen molar-refractivity contribution in [3.63, 3.8) is 0 Å². The molecule has 0 aliphatic carbocycles. The summed E-state index contributed by atoms with van der Waals surface area (Å²) in [6, 6.07) is 0. The van der Waals surface area contributed by atoms with Gasteiger partial charge in [-0.2, -0.15) is 0 Å². The van der Waals surface area contributed by atoms with Crippen molar-refractivity contribution in [3.05, 3.63) is 12.2 Å². The molecule has 0 rings (SSSR count). The highest BCUT2D eigenvalue weighted by molar-refractivity contribution is 7.47. The van der Waals surface area contributed by atoms with Gasteiger partial charge in [0.15, 0.2) is 0 Å². The summed E-state index contributed by atoms with van der Waals surface area (Å²) < 4.78 is 32.4. The van der Waals surface area contributed by atoms with E-state index in [0.717, 1.165) is 64.2 Å². The zero-order valence-corrected chi connectivity index (χ0v) is 31.4. The van der Waals surface area contributed by atoms with Gasteiger partial charge in [-0.3, -0.25) is 18.6 Å². The molecule has 48 heavy (non-hydrogen) atoms. The highest BCUT2D eigenvalue weighted by Gasteiger charge is 2.27. The van der Waals surface area contributed by atoms with Crippen molar-refractivity contribution < 1.29 is 47.8 Å². The van der Waals surface area contributed by atoms with Crippen LogP contribution in [0.3, 0.4) is 0 Å². The van der Waals surface area contributed by atoms with Crippen LogP contribution in [0.15, 0.2) is 12.2 Å². The van der Waals surface area contributed by atoms with Gasteiger partial charge >= 0.3 is 19.8 Å². The van der Waals surface area contributed by atoms with Crippen LogP contribution in [0.4, 0.5) is 0 Å². The molecule has 3 N–H and O–H groups in total. The van der Waals surface area contributed by atoms with E-state index in [2.05, 4.69) is 26.0 Å². The van der Waals surface area contributed by atoms with E-state index in [1.165, 1.54) is 70.6 Å². The van der Waals surface area contributed by atoms with Crippen molar-refractivity contribution in [1.29, 1.82) is 0 Å². The number of phosphoric ester groups is 1. The van der Waals surface area contributed by atoms with Gasteiger partial charge < -0.3 is 24.6 Å². The first kappa shape index (κ1) is 46.7. The molecule has 284 valence electrons. The van der Waals surface area contributed by atoms with Crippen molar-refractivity contribution in [3.8, 4) is 0 Å². The number of hydrogen-bond acceptors (Lipinski definition) is 9. The van der Waals surface area contributed by atoms with Crippen LogP contribution in [0, 0.1) is 0 Å². The molecule has 0 radical (unpaired) electrons. The van der Waals surface area contributed by atoms with E-state index in [0.29, 0.717) is 12.8 Å². The van der Waals surface area contributed by atoms with E-state index in [-0.39, 0.29) is 12.8 Å². The predicted molar refractivity (Wildman–Crippen MR) is 192 cm³/mol. The summed E-state index contributed by atoms with van der Waals surface area (Å²) in [5.74, 6) is -1.02. The number of esters is 2. The lowest BCUT2D eigenvalue weighted by Crippen LogP contribution is -2.28. The second-order valence-electron chi connectivity index (χ2n) is 12.9. The van der Waals surface area contributed by atoms with Crippen LogP contribution in [0.1, 0.15) is 174 Å². The Hall–Kier alpha value is -1.29. The summed E-state index contributed by atoms with van der Waals surface area (Å²) in [6.07, 6.45) is 29.1. The quantitative estimate of drug-likeness (QED) is 0.0249. The molecule has 0 amide bonds. The standard InChI is InChI=1S/C37H71O10P/c1-3-5-7-9-11-13-15-16-17-18-19-21-23-25-27-29-37(41)47-35(31-39)33-45-48(42,43)44-32-34(30-38)46-36(40)28-26-24-22-20-14-12-10-8-6-4-2/h8,10,34-35,38-39H,3-7,9,11-33H2,1-2H3,(H,42,43)/b10-8-. The Kier molecular flexibility index (Phi) is 33.3. The zero-order chi connectivity index (χ0) is 35.6. The SMILES string of the molecule is CCC/C=C\CCCCCCCC(=O)OC(CO)COP(=O)(O)OCC(CO)OC(=O)CCCCCCCCCCCCCCCCC. The van der Waals surface area contributed by atoms with Crippen LogP contribution >= 0.6 is 7.82 Å². The van der Waals surface area contributed by atoms with Crippen molar-refractivity contribution >= 4 is 19.8 Å². The third-order valence-corrected chi connectivity index (χ3v) is 9.16. The Bertz CT molecular complexity index is 822. The molecule has 0 heterocycles. The number of unbranched alkanes of at least 4 members (excludes halogenated alkanes) is 20. The van der Waals surface area contributed by atoms with Crippen LogP contribution in [-0.4, -0.2) is 65.7 Å². The molecular formula is C37H71O10P. The fraction of sp³-hybridized carbons (Fsp3) is 0.892. The summed E-state index contributed by atoms with van der Waals surface area (Å²) >= 11 is 0. The number of phosphoric acid groups is 1. The number of carbonyl (C=O) groups is 2. The van der Waals surface area contributed by atoms with Gasteiger partial charge in [0.2, 0.25) is 0 Å². The van der Waals surface area contributed by atoms with E-state index in [9.17, 15) is 29.3 Å². The number of ether oxygens (including phenoxy) is 2. The van der Waals surface area contributed by atoms with Gasteiger partial charge in [-0.1, -0.05) is 142 Å². The second kappa shape index (κ2) is 34.2. The minimum absolute atomic E-state index is 0.184. The molecule has 0 aromatic carbocycles. The fourth-order valence-corrected chi connectivity index (χ4v) is 6.02. The molecule has 10 nitrogen and oxygen atoms in total. The molecule has 3 unspecified atom stereocenters. The second-order valence-corrected chi connectivity index (χ2v) is 14.4. The average Bonchev–Trinajstić information content (AvgIpc) is 3.07. The first-order valence-corrected chi connectivity index (χ1v) is 20.6. The van der Waals surface area contributed by atoms with E-state index >= 15 is 0 Å². The minimum atomic E-state index is -4.62. The summed E-state index contributed by atoms with van der Waals surface area (Å²) in [6.45, 7) is 2.13. The molecule has 0 saturated carbocycles. The van der Waals surface area contributed by atoms with Crippen molar-refractivity contribution in [2.45, 2.75) is 187 Å². The lowest BCUT2D eigenvalue weighted by atomic mass is 10.0. The molecule has 0 bridgehead atoms. The van der Waals surface area contributed by atoms with Gasteiger partial charge in [0.25, 0.3) is 0 Å². The molecule has 0 fully saturated rings. The molecule has 0 aromatic heterocycles. The van der Waals surface area contributed by atoms with Crippen LogP contribution in [0.2, 0.25) is 0 Å². The maximum absolute atomic E-state index is 12.3. The zero-order valence-electron chi connectivity index (χ0n) is 30.5. The molecular weight excluding hydrogens is 635 g/mol. The van der Waals surface area contributed by atoms with Crippen LogP contribution in [0.25, 0.3) is 0 Å². The Morgan fingerprint density at radius 1 is 0.542 bits per heavy atom. The number of hydrogen-bond donors (Lipinski definition) is 3. The third kappa shape index (κ3) is 31.9. The summed E-state index contributed by atoms with van der Waals surface area (Å²) in [5.41, 5.74) is 0. The van der Waals surface area contributed by atoms with Gasteiger partial charge in [-0.05, 0) is 32.1 Å². The lowest BCUT2D eigenvalue weighted by molar-refractivity contribution is -0.153. The molecule has 0 spiro atoms. The number of carbonyl (C=O) groups excluding carboxylic acids is 2. The lowest BCUT2D eigenvalue weighted by Gasteiger charge is -2.20. The van der Waals surface area contributed by atoms with Crippen LogP contribution in [-0.2, 0) is 32.7 Å². The monoisotopic (exact) mass is 706 g/mol. The topological polar surface area (TPSA) is 149 Å². The number of aliphatic hydroxyl groups is 2. The predicted octanol–water partition coefficient (Wildman–Crippen LogP) is 9.28. The van der Waals surface area contributed by atoms with Crippen molar-refractivity contribution in [2.24, 2.45) is 0 Å². The summed E-state index contributed by atoms with van der Waals surface area (Å²) in [4.78, 5) is 34.3.